The van der Waals surface area contributed by atoms with Crippen LogP contribution >= 0.6 is 15.9 Å². The van der Waals surface area contributed by atoms with Crippen LogP contribution in [0.25, 0.3) is 0 Å². The van der Waals surface area contributed by atoms with Crippen LogP contribution in [0.1, 0.15) is 31.7 Å². The minimum absolute atomic E-state index is 0.712. The zero-order valence-corrected chi connectivity index (χ0v) is 10.3. The van der Waals surface area contributed by atoms with Crippen LogP contribution in [0.5, 0.6) is 0 Å². The Balaban J connectivity index is 2.44. The molecule has 2 heteroatoms. The molecule has 14 heavy (non-hydrogen) atoms. The second-order valence-electron chi connectivity index (χ2n) is 4.27. The lowest BCUT2D eigenvalue weighted by molar-refractivity contribution is 0.469. The van der Waals surface area contributed by atoms with Crippen LogP contribution in [-0.2, 0) is 0 Å². The first-order valence-electron chi connectivity index (χ1n) is 5.22. The summed E-state index contributed by atoms with van der Waals surface area (Å²) in [5.74, 6) is 1.44. The van der Waals surface area contributed by atoms with E-state index in [1.165, 1.54) is 22.1 Å². The van der Waals surface area contributed by atoms with Crippen LogP contribution in [0.4, 0.5) is 5.69 Å². The molecule has 1 atom stereocenters. The van der Waals surface area contributed by atoms with E-state index in [9.17, 15) is 0 Å². The van der Waals surface area contributed by atoms with Crippen molar-refractivity contribution in [3.8, 4) is 0 Å². The maximum absolute atomic E-state index is 3.60. The molecule has 1 aliphatic heterocycles. The zero-order chi connectivity index (χ0) is 10.1. The molecule has 0 spiro atoms. The highest BCUT2D eigenvalue weighted by molar-refractivity contribution is 9.10. The molecule has 0 amide bonds. The first-order valence-corrected chi connectivity index (χ1v) is 6.01. The van der Waals surface area contributed by atoms with E-state index in [0.29, 0.717) is 5.92 Å². The maximum atomic E-state index is 3.60. The van der Waals surface area contributed by atoms with Gasteiger partial charge in [-0.3, -0.25) is 0 Å². The molecule has 1 unspecified atom stereocenters. The SMILES string of the molecule is CC(C)C1CCNc2c(Br)cccc21. The number of para-hydroxylation sites is 1. The van der Waals surface area contributed by atoms with E-state index in [1.54, 1.807) is 0 Å². The number of hydrogen-bond acceptors (Lipinski definition) is 1. The molecule has 1 aliphatic rings. The molecule has 0 saturated heterocycles. The van der Waals surface area contributed by atoms with Gasteiger partial charge >= 0.3 is 0 Å². The molecule has 0 aromatic heterocycles. The van der Waals surface area contributed by atoms with Crippen molar-refractivity contribution >= 4 is 21.6 Å². The largest absolute Gasteiger partial charge is 0.384 e. The number of halogens is 1. The third-order valence-corrected chi connectivity index (χ3v) is 3.67. The summed E-state index contributed by atoms with van der Waals surface area (Å²) < 4.78 is 1.19. The minimum atomic E-state index is 0.712. The number of rotatable bonds is 1. The lowest BCUT2D eigenvalue weighted by atomic mass is 9.83. The molecule has 1 nitrogen and oxygen atoms in total. The van der Waals surface area contributed by atoms with Gasteiger partial charge in [-0.2, -0.15) is 0 Å². The molecule has 0 bridgehead atoms. The van der Waals surface area contributed by atoms with Gasteiger partial charge in [0, 0.05) is 11.0 Å². The maximum Gasteiger partial charge on any atom is 0.0520 e. The Morgan fingerprint density at radius 3 is 2.93 bits per heavy atom. The average molecular weight is 254 g/mol. The van der Waals surface area contributed by atoms with E-state index in [2.05, 4.69) is 53.3 Å². The lowest BCUT2D eigenvalue weighted by Crippen LogP contribution is -2.20. The molecule has 0 fully saturated rings. The van der Waals surface area contributed by atoms with Crippen LogP contribution in [0, 0.1) is 5.92 Å². The second kappa shape index (κ2) is 3.93. The summed E-state index contributed by atoms with van der Waals surface area (Å²) in [6, 6.07) is 6.48. The average Bonchev–Trinajstić information content (AvgIpc) is 2.17. The van der Waals surface area contributed by atoms with E-state index in [4.69, 9.17) is 0 Å². The van der Waals surface area contributed by atoms with E-state index in [-0.39, 0.29) is 0 Å². The summed E-state index contributed by atoms with van der Waals surface area (Å²) >= 11 is 3.60. The summed E-state index contributed by atoms with van der Waals surface area (Å²) in [5.41, 5.74) is 2.78. The van der Waals surface area contributed by atoms with Gasteiger partial charge in [0.25, 0.3) is 0 Å². The predicted molar refractivity (Wildman–Crippen MR) is 64.8 cm³/mol. The molecule has 1 heterocycles. The quantitative estimate of drug-likeness (QED) is 0.798. The van der Waals surface area contributed by atoms with Crippen molar-refractivity contribution in [1.29, 1.82) is 0 Å². The van der Waals surface area contributed by atoms with Crippen LogP contribution < -0.4 is 5.32 Å². The first kappa shape index (κ1) is 10.0. The van der Waals surface area contributed by atoms with Crippen LogP contribution in [0.3, 0.4) is 0 Å². The first-order chi connectivity index (χ1) is 6.70. The Bertz CT molecular complexity index is 333. The van der Waals surface area contributed by atoms with Crippen molar-refractivity contribution in [2.75, 3.05) is 11.9 Å². The monoisotopic (exact) mass is 253 g/mol. The van der Waals surface area contributed by atoms with Crippen molar-refractivity contribution < 1.29 is 0 Å². The summed E-state index contributed by atoms with van der Waals surface area (Å²) in [7, 11) is 0. The normalized spacial score (nSPS) is 20.4. The van der Waals surface area contributed by atoms with Gasteiger partial charge in [-0.05, 0) is 45.8 Å². The van der Waals surface area contributed by atoms with E-state index in [0.717, 1.165) is 12.5 Å². The Morgan fingerprint density at radius 1 is 1.43 bits per heavy atom. The number of hydrogen-bond donors (Lipinski definition) is 1. The molecule has 2 rings (SSSR count). The Labute approximate surface area is 94.0 Å². The van der Waals surface area contributed by atoms with Crippen LogP contribution in [0.15, 0.2) is 22.7 Å². The highest BCUT2D eigenvalue weighted by Crippen LogP contribution is 2.39. The van der Waals surface area contributed by atoms with E-state index < -0.39 is 0 Å². The van der Waals surface area contributed by atoms with Crippen LogP contribution in [0.2, 0.25) is 0 Å². The van der Waals surface area contributed by atoms with Gasteiger partial charge in [-0.25, -0.2) is 0 Å². The third kappa shape index (κ3) is 1.68. The highest BCUT2D eigenvalue weighted by atomic mass is 79.9. The fourth-order valence-electron chi connectivity index (χ4n) is 2.24. The standard InChI is InChI=1S/C12H16BrN/c1-8(2)9-6-7-14-12-10(9)4-3-5-11(12)13/h3-5,8-9,14H,6-7H2,1-2H3. The smallest absolute Gasteiger partial charge is 0.0520 e. The van der Waals surface area contributed by atoms with Crippen LogP contribution in [-0.4, -0.2) is 6.54 Å². The summed E-state index contributed by atoms with van der Waals surface area (Å²) in [5, 5.41) is 3.47. The van der Waals surface area contributed by atoms with Crippen molar-refractivity contribution in [1.82, 2.24) is 0 Å². The number of anilines is 1. The third-order valence-electron chi connectivity index (χ3n) is 3.01. The van der Waals surface area contributed by atoms with E-state index in [1.807, 2.05) is 0 Å². The molecule has 1 aromatic carbocycles. The van der Waals surface area contributed by atoms with Gasteiger partial charge in [0.05, 0.1) is 5.69 Å². The molecule has 0 aliphatic carbocycles. The van der Waals surface area contributed by atoms with Gasteiger partial charge in [0.15, 0.2) is 0 Å². The predicted octanol–water partition coefficient (Wildman–Crippen LogP) is 4.00. The topological polar surface area (TPSA) is 12.0 Å². The lowest BCUT2D eigenvalue weighted by Gasteiger charge is -2.30. The molecular formula is C12H16BrN. The van der Waals surface area contributed by atoms with Gasteiger partial charge in [-0.1, -0.05) is 26.0 Å². The summed E-state index contributed by atoms with van der Waals surface area (Å²) in [6.45, 7) is 5.71. The molecule has 1 aromatic rings. The van der Waals surface area contributed by atoms with Gasteiger partial charge < -0.3 is 5.32 Å². The second-order valence-corrected chi connectivity index (χ2v) is 5.12. The minimum Gasteiger partial charge on any atom is -0.384 e. The molecule has 76 valence electrons. The van der Waals surface area contributed by atoms with Gasteiger partial charge in [-0.15, -0.1) is 0 Å². The highest BCUT2D eigenvalue weighted by Gasteiger charge is 2.23. The number of benzene rings is 1. The summed E-state index contributed by atoms with van der Waals surface area (Å²) in [4.78, 5) is 0. The van der Waals surface area contributed by atoms with Crippen molar-refractivity contribution in [3.63, 3.8) is 0 Å². The number of fused-ring (bicyclic) bond motifs is 1. The Kier molecular flexibility index (Phi) is 2.82. The van der Waals surface area contributed by atoms with Gasteiger partial charge in [0.1, 0.15) is 0 Å². The van der Waals surface area contributed by atoms with Gasteiger partial charge in [0.2, 0.25) is 0 Å². The summed E-state index contributed by atoms with van der Waals surface area (Å²) in [6.07, 6.45) is 1.25. The zero-order valence-electron chi connectivity index (χ0n) is 8.68. The Hall–Kier alpha value is -0.500. The van der Waals surface area contributed by atoms with Crippen molar-refractivity contribution in [3.05, 3.63) is 28.2 Å². The fourth-order valence-corrected chi connectivity index (χ4v) is 2.76. The van der Waals surface area contributed by atoms with Crippen molar-refractivity contribution in [2.24, 2.45) is 5.92 Å². The Morgan fingerprint density at radius 2 is 2.21 bits per heavy atom. The fraction of sp³-hybridized carbons (Fsp3) is 0.500. The molecule has 1 N–H and O–H groups in total. The number of nitrogens with one attached hydrogen (secondary N) is 1. The molecular weight excluding hydrogens is 238 g/mol. The van der Waals surface area contributed by atoms with E-state index >= 15 is 0 Å². The van der Waals surface area contributed by atoms with Crippen molar-refractivity contribution in [2.45, 2.75) is 26.2 Å². The molecule has 0 radical (unpaired) electrons. The molecule has 0 saturated carbocycles.